The van der Waals surface area contributed by atoms with Gasteiger partial charge in [-0.25, -0.2) is 0 Å². The Labute approximate surface area is 174 Å². The number of benzene rings is 1. The molecule has 0 saturated heterocycles. The maximum atomic E-state index is 5.87. The summed E-state index contributed by atoms with van der Waals surface area (Å²) in [6, 6.07) is 6.33. The van der Waals surface area contributed by atoms with E-state index >= 15 is 0 Å². The molecule has 0 aromatic heterocycles. The standard InChI is InChI=1S/C20H31N3O2.HI/c1-4-11-25-19-14-16(2)5-6-18(19)15-23-20(21-3)22-10-7-17-8-12-24-13-9-17;/h5-6,8,14H,4,7,9-13,15H2,1-3H3,(H2,21,22,23);1H. The number of nitrogens with one attached hydrogen (secondary N) is 2. The zero-order valence-corrected chi connectivity index (χ0v) is 18.5. The molecule has 1 aromatic carbocycles. The van der Waals surface area contributed by atoms with Crippen LogP contribution in [0.15, 0.2) is 34.8 Å². The zero-order valence-electron chi connectivity index (χ0n) is 16.1. The van der Waals surface area contributed by atoms with Crippen molar-refractivity contribution < 1.29 is 9.47 Å². The number of rotatable bonds is 8. The lowest BCUT2D eigenvalue weighted by Crippen LogP contribution is -2.37. The minimum absolute atomic E-state index is 0. The Morgan fingerprint density at radius 1 is 1.31 bits per heavy atom. The molecule has 2 rings (SSSR count). The van der Waals surface area contributed by atoms with Crippen molar-refractivity contribution in [2.24, 2.45) is 4.99 Å². The summed E-state index contributed by atoms with van der Waals surface area (Å²) in [5.41, 5.74) is 3.82. The third kappa shape index (κ3) is 7.95. The van der Waals surface area contributed by atoms with Crippen molar-refractivity contribution >= 4 is 29.9 Å². The van der Waals surface area contributed by atoms with E-state index < -0.39 is 0 Å². The predicted octanol–water partition coefficient (Wildman–Crippen LogP) is 3.80. The van der Waals surface area contributed by atoms with Crippen LogP contribution in [0.3, 0.4) is 0 Å². The summed E-state index contributed by atoms with van der Waals surface area (Å²) in [5, 5.41) is 6.75. The van der Waals surface area contributed by atoms with Gasteiger partial charge in [0.2, 0.25) is 0 Å². The Morgan fingerprint density at radius 3 is 2.85 bits per heavy atom. The summed E-state index contributed by atoms with van der Waals surface area (Å²) < 4.78 is 11.2. The lowest BCUT2D eigenvalue weighted by molar-refractivity contribution is 0.153. The summed E-state index contributed by atoms with van der Waals surface area (Å²) >= 11 is 0. The van der Waals surface area contributed by atoms with Gasteiger partial charge in [-0.05, 0) is 37.8 Å². The first-order valence-corrected chi connectivity index (χ1v) is 9.15. The number of hydrogen-bond donors (Lipinski definition) is 2. The van der Waals surface area contributed by atoms with Crippen molar-refractivity contribution in [1.82, 2.24) is 10.6 Å². The molecule has 0 bridgehead atoms. The summed E-state index contributed by atoms with van der Waals surface area (Å²) in [4.78, 5) is 4.30. The molecule has 1 aromatic rings. The van der Waals surface area contributed by atoms with E-state index in [1.165, 1.54) is 11.1 Å². The summed E-state index contributed by atoms with van der Waals surface area (Å²) in [5.74, 6) is 1.77. The molecule has 0 amide bonds. The van der Waals surface area contributed by atoms with Crippen LogP contribution in [0.2, 0.25) is 0 Å². The van der Waals surface area contributed by atoms with E-state index in [2.05, 4.69) is 53.7 Å². The van der Waals surface area contributed by atoms with Gasteiger partial charge in [0.1, 0.15) is 5.75 Å². The number of aryl methyl sites for hydroxylation is 1. The summed E-state index contributed by atoms with van der Waals surface area (Å²) in [6.07, 6.45) is 5.25. The Hall–Kier alpha value is -1.28. The fourth-order valence-corrected chi connectivity index (χ4v) is 2.69. The van der Waals surface area contributed by atoms with Gasteiger partial charge in [0, 0.05) is 25.7 Å². The van der Waals surface area contributed by atoms with Gasteiger partial charge in [-0.2, -0.15) is 0 Å². The van der Waals surface area contributed by atoms with Gasteiger partial charge in [-0.3, -0.25) is 4.99 Å². The van der Waals surface area contributed by atoms with Crippen molar-refractivity contribution in [2.75, 3.05) is 33.4 Å². The molecule has 1 aliphatic heterocycles. The quantitative estimate of drug-likeness (QED) is 0.261. The molecule has 0 aliphatic carbocycles. The number of guanidine groups is 1. The number of nitrogens with zero attached hydrogens (tertiary/aromatic N) is 1. The van der Waals surface area contributed by atoms with Crippen LogP contribution in [-0.4, -0.2) is 39.4 Å². The molecule has 0 atom stereocenters. The van der Waals surface area contributed by atoms with E-state index in [9.17, 15) is 0 Å². The van der Waals surface area contributed by atoms with Crippen molar-refractivity contribution in [3.8, 4) is 5.75 Å². The molecule has 1 heterocycles. The molecule has 6 heteroatoms. The fourth-order valence-electron chi connectivity index (χ4n) is 2.69. The predicted molar refractivity (Wildman–Crippen MR) is 119 cm³/mol. The minimum atomic E-state index is 0. The van der Waals surface area contributed by atoms with E-state index in [-0.39, 0.29) is 24.0 Å². The number of halogens is 1. The van der Waals surface area contributed by atoms with Gasteiger partial charge in [0.15, 0.2) is 5.96 Å². The highest BCUT2D eigenvalue weighted by atomic mass is 127. The van der Waals surface area contributed by atoms with Crippen molar-refractivity contribution in [3.63, 3.8) is 0 Å². The third-order valence-corrected chi connectivity index (χ3v) is 4.15. The molecule has 0 fully saturated rings. The van der Waals surface area contributed by atoms with Gasteiger partial charge in [-0.1, -0.05) is 30.7 Å². The lowest BCUT2D eigenvalue weighted by Gasteiger charge is -2.17. The molecule has 0 spiro atoms. The second-order valence-electron chi connectivity index (χ2n) is 6.25. The molecule has 0 unspecified atom stereocenters. The molecule has 2 N–H and O–H groups in total. The smallest absolute Gasteiger partial charge is 0.191 e. The second kappa shape index (κ2) is 13.0. The average molecular weight is 473 g/mol. The summed E-state index contributed by atoms with van der Waals surface area (Å²) in [7, 11) is 1.80. The topological polar surface area (TPSA) is 54.9 Å². The van der Waals surface area contributed by atoms with Crippen LogP contribution in [0.4, 0.5) is 0 Å². The highest BCUT2D eigenvalue weighted by molar-refractivity contribution is 14.0. The van der Waals surface area contributed by atoms with Gasteiger partial charge in [0.25, 0.3) is 0 Å². The van der Waals surface area contributed by atoms with Gasteiger partial charge >= 0.3 is 0 Å². The highest BCUT2D eigenvalue weighted by Crippen LogP contribution is 2.20. The zero-order chi connectivity index (χ0) is 17.9. The summed E-state index contributed by atoms with van der Waals surface area (Å²) in [6.45, 7) is 8.09. The van der Waals surface area contributed by atoms with E-state index in [1.54, 1.807) is 7.05 Å². The number of ether oxygens (including phenoxy) is 2. The molecule has 0 radical (unpaired) electrons. The molecule has 26 heavy (non-hydrogen) atoms. The second-order valence-corrected chi connectivity index (χ2v) is 6.25. The number of aliphatic imine (C=N–C) groups is 1. The maximum absolute atomic E-state index is 5.87. The third-order valence-electron chi connectivity index (χ3n) is 4.15. The molecule has 146 valence electrons. The normalized spacial score (nSPS) is 14.3. The Morgan fingerprint density at radius 2 is 2.15 bits per heavy atom. The van der Waals surface area contributed by atoms with E-state index in [0.29, 0.717) is 6.54 Å². The first kappa shape index (κ1) is 22.8. The van der Waals surface area contributed by atoms with Gasteiger partial charge in [-0.15, -0.1) is 24.0 Å². The highest BCUT2D eigenvalue weighted by Gasteiger charge is 2.07. The Bertz CT molecular complexity index is 603. The van der Waals surface area contributed by atoms with Crippen LogP contribution >= 0.6 is 24.0 Å². The maximum Gasteiger partial charge on any atom is 0.191 e. The van der Waals surface area contributed by atoms with Gasteiger partial charge < -0.3 is 20.1 Å². The van der Waals surface area contributed by atoms with Crippen LogP contribution in [0.5, 0.6) is 5.75 Å². The van der Waals surface area contributed by atoms with Crippen LogP contribution in [-0.2, 0) is 11.3 Å². The largest absolute Gasteiger partial charge is 0.493 e. The van der Waals surface area contributed by atoms with Gasteiger partial charge in [0.05, 0.1) is 19.8 Å². The number of hydrogen-bond acceptors (Lipinski definition) is 3. The van der Waals surface area contributed by atoms with E-state index in [0.717, 1.165) is 62.9 Å². The van der Waals surface area contributed by atoms with E-state index in [1.807, 2.05) is 0 Å². The fraction of sp³-hybridized carbons (Fsp3) is 0.550. The monoisotopic (exact) mass is 473 g/mol. The molecule has 5 nitrogen and oxygen atoms in total. The van der Waals surface area contributed by atoms with Crippen LogP contribution in [0.25, 0.3) is 0 Å². The Kier molecular flexibility index (Phi) is 11.4. The minimum Gasteiger partial charge on any atom is -0.493 e. The lowest BCUT2D eigenvalue weighted by atomic mass is 10.1. The van der Waals surface area contributed by atoms with Crippen LogP contribution in [0, 0.1) is 6.92 Å². The molecule has 0 saturated carbocycles. The first-order chi connectivity index (χ1) is 12.2. The van der Waals surface area contributed by atoms with Crippen molar-refractivity contribution in [2.45, 2.75) is 39.7 Å². The first-order valence-electron chi connectivity index (χ1n) is 9.15. The van der Waals surface area contributed by atoms with Crippen molar-refractivity contribution in [3.05, 3.63) is 41.0 Å². The van der Waals surface area contributed by atoms with Crippen LogP contribution < -0.4 is 15.4 Å². The van der Waals surface area contributed by atoms with E-state index in [4.69, 9.17) is 9.47 Å². The molecular formula is C20H32IN3O2. The van der Waals surface area contributed by atoms with Crippen molar-refractivity contribution in [1.29, 1.82) is 0 Å². The molecule has 1 aliphatic rings. The SMILES string of the molecule is CCCOc1cc(C)ccc1CNC(=NC)NCCC1=CCOCC1.I. The van der Waals surface area contributed by atoms with Crippen LogP contribution in [0.1, 0.15) is 37.3 Å². The molecular weight excluding hydrogens is 441 g/mol. The average Bonchev–Trinajstić information content (AvgIpc) is 2.64. The Balaban J connectivity index is 0.00000338.